The number of hydrogen-bond donors (Lipinski definition) is 2. The Hall–Kier alpha value is -2.27. The molecular formula is C17H20N2O3. The number of rotatable bonds is 4. The first-order valence-corrected chi connectivity index (χ1v) is 7.54. The molecule has 0 bridgehead atoms. The van der Waals surface area contributed by atoms with Gasteiger partial charge in [-0.05, 0) is 30.5 Å². The molecule has 2 N–H and O–H groups in total. The summed E-state index contributed by atoms with van der Waals surface area (Å²) < 4.78 is 11.0. The van der Waals surface area contributed by atoms with Crippen molar-refractivity contribution in [1.82, 2.24) is 10.6 Å². The third-order valence-corrected chi connectivity index (χ3v) is 3.79. The number of carbonyl (C=O) groups is 1. The van der Waals surface area contributed by atoms with Gasteiger partial charge in [0.15, 0.2) is 0 Å². The van der Waals surface area contributed by atoms with Crippen molar-refractivity contribution in [1.29, 1.82) is 0 Å². The number of urea groups is 1. The van der Waals surface area contributed by atoms with Crippen molar-refractivity contribution < 1.29 is 13.9 Å². The van der Waals surface area contributed by atoms with Crippen LogP contribution in [0.5, 0.6) is 0 Å². The van der Waals surface area contributed by atoms with E-state index in [-0.39, 0.29) is 18.2 Å². The van der Waals surface area contributed by atoms with Crippen LogP contribution in [0.3, 0.4) is 0 Å². The molecule has 0 radical (unpaired) electrons. The predicted molar refractivity (Wildman–Crippen MR) is 82.2 cm³/mol. The molecular weight excluding hydrogens is 280 g/mol. The number of furan rings is 1. The Morgan fingerprint density at radius 3 is 2.82 bits per heavy atom. The smallest absolute Gasteiger partial charge is 0.315 e. The summed E-state index contributed by atoms with van der Waals surface area (Å²) in [4.78, 5) is 11.9. The lowest BCUT2D eigenvalue weighted by Gasteiger charge is -2.30. The molecule has 0 unspecified atom stereocenters. The first-order chi connectivity index (χ1) is 10.8. The van der Waals surface area contributed by atoms with Crippen LogP contribution in [0, 0.1) is 0 Å². The maximum absolute atomic E-state index is 11.9. The van der Waals surface area contributed by atoms with E-state index in [2.05, 4.69) is 22.8 Å². The van der Waals surface area contributed by atoms with E-state index in [1.165, 1.54) is 0 Å². The molecule has 2 heterocycles. The zero-order chi connectivity index (χ0) is 15.2. The Labute approximate surface area is 129 Å². The average Bonchev–Trinajstić information content (AvgIpc) is 3.08. The lowest BCUT2D eigenvalue weighted by molar-refractivity contribution is 0.00225. The molecule has 2 amide bonds. The van der Waals surface area contributed by atoms with Crippen LogP contribution >= 0.6 is 0 Å². The molecule has 1 aliphatic heterocycles. The third kappa shape index (κ3) is 3.89. The van der Waals surface area contributed by atoms with E-state index < -0.39 is 0 Å². The van der Waals surface area contributed by atoms with Gasteiger partial charge in [0.1, 0.15) is 5.76 Å². The van der Waals surface area contributed by atoms with E-state index in [1.54, 1.807) is 12.3 Å². The number of nitrogens with one attached hydrogen (secondary N) is 2. The van der Waals surface area contributed by atoms with Gasteiger partial charge < -0.3 is 19.8 Å². The maximum atomic E-state index is 11.9. The van der Waals surface area contributed by atoms with Crippen LogP contribution in [0.4, 0.5) is 4.79 Å². The molecule has 1 fully saturated rings. The lowest BCUT2D eigenvalue weighted by atomic mass is 9.97. The van der Waals surface area contributed by atoms with Crippen molar-refractivity contribution in [2.75, 3.05) is 6.61 Å². The summed E-state index contributed by atoms with van der Waals surface area (Å²) in [5.41, 5.74) is 1.16. The first-order valence-electron chi connectivity index (χ1n) is 7.54. The number of amides is 2. The van der Waals surface area contributed by atoms with Crippen LogP contribution in [-0.2, 0) is 11.3 Å². The normalized spacial score (nSPS) is 21.3. The molecule has 2 atom stereocenters. The second-order valence-electron chi connectivity index (χ2n) is 5.40. The Morgan fingerprint density at radius 2 is 2.05 bits per heavy atom. The second-order valence-corrected chi connectivity index (χ2v) is 5.40. The molecule has 0 spiro atoms. The molecule has 1 aliphatic rings. The molecule has 116 valence electrons. The Bertz CT molecular complexity index is 583. The Balaban J connectivity index is 1.48. The molecule has 0 saturated carbocycles. The summed E-state index contributed by atoms with van der Waals surface area (Å²) in [6.07, 6.45) is 3.26. The van der Waals surface area contributed by atoms with Gasteiger partial charge in [-0.25, -0.2) is 4.79 Å². The third-order valence-electron chi connectivity index (χ3n) is 3.79. The molecule has 22 heavy (non-hydrogen) atoms. The van der Waals surface area contributed by atoms with Crippen molar-refractivity contribution in [2.24, 2.45) is 0 Å². The quantitative estimate of drug-likeness (QED) is 0.912. The fourth-order valence-corrected chi connectivity index (χ4v) is 2.64. The minimum absolute atomic E-state index is 0.0466. The van der Waals surface area contributed by atoms with E-state index in [0.717, 1.165) is 24.2 Å². The summed E-state index contributed by atoms with van der Waals surface area (Å²) >= 11 is 0. The van der Waals surface area contributed by atoms with Crippen LogP contribution in [-0.4, -0.2) is 18.7 Å². The predicted octanol–water partition coefficient (Wildman–Crippen LogP) is 3.00. The van der Waals surface area contributed by atoms with Crippen LogP contribution in [0.1, 0.15) is 30.3 Å². The average molecular weight is 300 g/mol. The molecule has 3 rings (SSSR count). The van der Waals surface area contributed by atoms with Gasteiger partial charge >= 0.3 is 6.03 Å². The zero-order valence-corrected chi connectivity index (χ0v) is 12.3. The van der Waals surface area contributed by atoms with Crippen LogP contribution in [0.2, 0.25) is 0 Å². The van der Waals surface area contributed by atoms with Gasteiger partial charge in [-0.15, -0.1) is 0 Å². The number of benzene rings is 1. The number of hydrogen-bond acceptors (Lipinski definition) is 3. The van der Waals surface area contributed by atoms with E-state index in [9.17, 15) is 4.79 Å². The van der Waals surface area contributed by atoms with Gasteiger partial charge in [0.05, 0.1) is 18.9 Å². The summed E-state index contributed by atoms with van der Waals surface area (Å²) in [6, 6.07) is 13.7. The van der Waals surface area contributed by atoms with Crippen LogP contribution < -0.4 is 10.6 Å². The minimum Gasteiger partial charge on any atom is -0.467 e. The highest BCUT2D eigenvalue weighted by atomic mass is 16.5. The topological polar surface area (TPSA) is 63.5 Å². The van der Waals surface area contributed by atoms with Gasteiger partial charge in [0, 0.05) is 12.6 Å². The Morgan fingerprint density at radius 1 is 1.18 bits per heavy atom. The summed E-state index contributed by atoms with van der Waals surface area (Å²) in [5, 5.41) is 5.81. The van der Waals surface area contributed by atoms with Gasteiger partial charge in [-0.3, -0.25) is 0 Å². The van der Waals surface area contributed by atoms with Crippen molar-refractivity contribution >= 4 is 6.03 Å². The fourth-order valence-electron chi connectivity index (χ4n) is 2.64. The second kappa shape index (κ2) is 7.13. The molecule has 1 aromatic carbocycles. The summed E-state index contributed by atoms with van der Waals surface area (Å²) in [6.45, 7) is 1.05. The zero-order valence-electron chi connectivity index (χ0n) is 12.3. The van der Waals surface area contributed by atoms with Crippen molar-refractivity contribution in [3.05, 3.63) is 60.1 Å². The molecule has 1 saturated heterocycles. The minimum atomic E-state index is -0.171. The SMILES string of the molecule is O=C(NCc1ccco1)N[C@@H]1CCO[C@H](c2ccccc2)C1. The van der Waals surface area contributed by atoms with Gasteiger partial charge in [-0.2, -0.15) is 0 Å². The number of carbonyl (C=O) groups excluding carboxylic acids is 1. The van der Waals surface area contributed by atoms with Gasteiger partial charge in [0.2, 0.25) is 0 Å². The summed E-state index contributed by atoms with van der Waals surface area (Å²) in [7, 11) is 0. The fraction of sp³-hybridized carbons (Fsp3) is 0.353. The van der Waals surface area contributed by atoms with Crippen molar-refractivity contribution in [3.8, 4) is 0 Å². The molecule has 5 heteroatoms. The first kappa shape index (κ1) is 14.7. The van der Waals surface area contributed by atoms with Gasteiger partial charge in [0.25, 0.3) is 0 Å². The molecule has 0 aliphatic carbocycles. The molecule has 1 aromatic heterocycles. The maximum Gasteiger partial charge on any atom is 0.315 e. The highest BCUT2D eigenvalue weighted by Crippen LogP contribution is 2.27. The van der Waals surface area contributed by atoms with Crippen LogP contribution in [0.25, 0.3) is 0 Å². The highest BCUT2D eigenvalue weighted by Gasteiger charge is 2.24. The standard InChI is InChI=1S/C17H20N2O3/c20-17(18-12-15-7-4-9-21-15)19-14-8-10-22-16(11-14)13-5-2-1-3-6-13/h1-7,9,14,16H,8,10-12H2,(H2,18,19,20)/t14-,16+/m1/s1. The van der Waals surface area contributed by atoms with E-state index in [4.69, 9.17) is 9.15 Å². The van der Waals surface area contributed by atoms with E-state index in [0.29, 0.717) is 13.2 Å². The number of ether oxygens (including phenoxy) is 1. The largest absolute Gasteiger partial charge is 0.467 e. The van der Waals surface area contributed by atoms with Crippen molar-refractivity contribution in [2.45, 2.75) is 31.5 Å². The van der Waals surface area contributed by atoms with Crippen LogP contribution in [0.15, 0.2) is 53.1 Å². The van der Waals surface area contributed by atoms with Crippen molar-refractivity contribution in [3.63, 3.8) is 0 Å². The molecule has 5 nitrogen and oxygen atoms in total. The lowest BCUT2D eigenvalue weighted by Crippen LogP contribution is -2.44. The summed E-state index contributed by atoms with van der Waals surface area (Å²) in [5.74, 6) is 0.740. The monoisotopic (exact) mass is 300 g/mol. The van der Waals surface area contributed by atoms with E-state index >= 15 is 0 Å². The highest BCUT2D eigenvalue weighted by molar-refractivity contribution is 5.74. The Kier molecular flexibility index (Phi) is 4.75. The molecule has 2 aromatic rings. The van der Waals surface area contributed by atoms with E-state index in [1.807, 2.05) is 24.3 Å². The van der Waals surface area contributed by atoms with Gasteiger partial charge in [-0.1, -0.05) is 30.3 Å².